The number of carbonyl (C=O) groups is 2. The van der Waals surface area contributed by atoms with Crippen LogP contribution in [0.25, 0.3) is 11.0 Å². The van der Waals surface area contributed by atoms with E-state index in [-0.39, 0.29) is 18.4 Å². The van der Waals surface area contributed by atoms with Gasteiger partial charge in [0.05, 0.1) is 43.4 Å². The Kier molecular flexibility index (Phi) is 7.37. The number of rotatable bonds is 9. The van der Waals surface area contributed by atoms with Crippen LogP contribution in [0.5, 0.6) is 11.5 Å². The van der Waals surface area contributed by atoms with Crippen molar-refractivity contribution in [3.05, 3.63) is 89.7 Å². The highest BCUT2D eigenvalue weighted by Gasteiger charge is 2.09. The Morgan fingerprint density at radius 3 is 2.60 bits per heavy atom. The standard InChI is InChI=1S/C26H24N4O5/c1-33-24-13-19(9-12-23(24)35-16-18-7-10-20(11-8-18)26(32)34-2)14-28-29-25(31)15-30-17-27-21-5-3-4-6-22(21)30/h3-14,17H,15-16H2,1-2H3,(H,29,31)/b28-14-. The Labute approximate surface area is 201 Å². The largest absolute Gasteiger partial charge is 0.493 e. The summed E-state index contributed by atoms with van der Waals surface area (Å²) >= 11 is 0. The minimum absolute atomic E-state index is 0.106. The van der Waals surface area contributed by atoms with E-state index >= 15 is 0 Å². The smallest absolute Gasteiger partial charge is 0.337 e. The van der Waals surface area contributed by atoms with Gasteiger partial charge in [0, 0.05) is 0 Å². The predicted octanol–water partition coefficient (Wildman–Crippen LogP) is 3.56. The molecule has 35 heavy (non-hydrogen) atoms. The van der Waals surface area contributed by atoms with Gasteiger partial charge in [-0.15, -0.1) is 0 Å². The average molecular weight is 473 g/mol. The first-order chi connectivity index (χ1) is 17.1. The van der Waals surface area contributed by atoms with Gasteiger partial charge in [-0.2, -0.15) is 5.10 Å². The predicted molar refractivity (Wildman–Crippen MR) is 131 cm³/mol. The molecule has 0 aliphatic carbocycles. The van der Waals surface area contributed by atoms with Gasteiger partial charge in [0.1, 0.15) is 13.2 Å². The molecule has 0 atom stereocenters. The number of hydrogen-bond donors (Lipinski definition) is 1. The maximum atomic E-state index is 12.3. The van der Waals surface area contributed by atoms with E-state index in [2.05, 4.69) is 15.5 Å². The van der Waals surface area contributed by atoms with E-state index in [1.54, 1.807) is 60.5 Å². The Morgan fingerprint density at radius 1 is 1.03 bits per heavy atom. The van der Waals surface area contributed by atoms with Gasteiger partial charge < -0.3 is 18.8 Å². The van der Waals surface area contributed by atoms with E-state index in [1.165, 1.54) is 13.3 Å². The van der Waals surface area contributed by atoms with Gasteiger partial charge in [-0.3, -0.25) is 4.79 Å². The number of methoxy groups -OCH3 is 2. The molecule has 0 bridgehead atoms. The van der Waals surface area contributed by atoms with E-state index in [4.69, 9.17) is 14.2 Å². The first-order valence-electron chi connectivity index (χ1n) is 10.8. The number of benzene rings is 3. The molecule has 0 aliphatic rings. The van der Waals surface area contributed by atoms with Crippen molar-refractivity contribution in [3.63, 3.8) is 0 Å². The first kappa shape index (κ1) is 23.5. The highest BCUT2D eigenvalue weighted by atomic mass is 16.5. The summed E-state index contributed by atoms with van der Waals surface area (Å²) in [5.74, 6) is 0.423. The molecule has 0 saturated heterocycles. The first-order valence-corrected chi connectivity index (χ1v) is 10.8. The second-order valence-corrected chi connectivity index (χ2v) is 7.54. The van der Waals surface area contributed by atoms with Gasteiger partial charge in [0.15, 0.2) is 11.5 Å². The van der Waals surface area contributed by atoms with E-state index < -0.39 is 0 Å². The Balaban J connectivity index is 1.33. The van der Waals surface area contributed by atoms with Crippen molar-refractivity contribution in [2.75, 3.05) is 14.2 Å². The molecule has 1 heterocycles. The molecule has 9 heteroatoms. The van der Waals surface area contributed by atoms with Crippen LogP contribution < -0.4 is 14.9 Å². The lowest BCUT2D eigenvalue weighted by atomic mass is 10.1. The third-order valence-corrected chi connectivity index (χ3v) is 5.20. The number of amides is 1. The Hall–Kier alpha value is -4.66. The molecule has 0 fully saturated rings. The molecule has 178 valence electrons. The second-order valence-electron chi connectivity index (χ2n) is 7.54. The van der Waals surface area contributed by atoms with Crippen LogP contribution in [0, 0.1) is 0 Å². The van der Waals surface area contributed by atoms with Crippen molar-refractivity contribution in [1.29, 1.82) is 0 Å². The zero-order chi connectivity index (χ0) is 24.6. The van der Waals surface area contributed by atoms with Crippen LogP contribution in [-0.2, 0) is 22.7 Å². The normalized spacial score (nSPS) is 10.9. The number of aromatic nitrogens is 2. The fourth-order valence-corrected chi connectivity index (χ4v) is 3.40. The molecular weight excluding hydrogens is 448 g/mol. The number of fused-ring (bicyclic) bond motifs is 1. The summed E-state index contributed by atoms with van der Waals surface area (Å²) in [6.45, 7) is 0.402. The number of nitrogens with zero attached hydrogens (tertiary/aromatic N) is 3. The molecule has 9 nitrogen and oxygen atoms in total. The number of para-hydroxylation sites is 2. The molecular formula is C26H24N4O5. The highest BCUT2D eigenvalue weighted by Crippen LogP contribution is 2.28. The van der Waals surface area contributed by atoms with Crippen molar-refractivity contribution in [2.45, 2.75) is 13.2 Å². The van der Waals surface area contributed by atoms with Crippen LogP contribution >= 0.6 is 0 Å². The van der Waals surface area contributed by atoms with Crippen LogP contribution in [0.4, 0.5) is 0 Å². The van der Waals surface area contributed by atoms with Gasteiger partial charge >= 0.3 is 5.97 Å². The minimum Gasteiger partial charge on any atom is -0.493 e. The Bertz CT molecular complexity index is 1360. The maximum absolute atomic E-state index is 12.3. The molecule has 0 spiro atoms. The molecule has 4 rings (SSSR count). The highest BCUT2D eigenvalue weighted by molar-refractivity contribution is 5.89. The van der Waals surface area contributed by atoms with Gasteiger partial charge in [0.2, 0.25) is 0 Å². The average Bonchev–Trinajstić information content (AvgIpc) is 3.30. The number of esters is 1. The molecule has 1 aromatic heterocycles. The third-order valence-electron chi connectivity index (χ3n) is 5.20. The van der Waals surface area contributed by atoms with Crippen molar-refractivity contribution >= 4 is 29.1 Å². The summed E-state index contributed by atoms with van der Waals surface area (Å²) in [6, 6.07) is 19.9. The molecule has 4 aromatic rings. The van der Waals surface area contributed by atoms with Gasteiger partial charge in [-0.1, -0.05) is 24.3 Å². The topological polar surface area (TPSA) is 104 Å². The van der Waals surface area contributed by atoms with Crippen LogP contribution in [-0.4, -0.2) is 41.9 Å². The van der Waals surface area contributed by atoms with Gasteiger partial charge in [-0.25, -0.2) is 15.2 Å². The molecule has 0 unspecified atom stereocenters. The molecule has 0 radical (unpaired) electrons. The molecule has 0 aliphatic heterocycles. The van der Waals surface area contributed by atoms with Gasteiger partial charge in [0.25, 0.3) is 5.91 Å². The van der Waals surface area contributed by atoms with Crippen molar-refractivity contribution in [2.24, 2.45) is 5.10 Å². The molecule has 1 amide bonds. The zero-order valence-corrected chi connectivity index (χ0v) is 19.3. The van der Waals surface area contributed by atoms with Crippen LogP contribution in [0.1, 0.15) is 21.5 Å². The molecule has 3 aromatic carbocycles. The lowest BCUT2D eigenvalue weighted by Crippen LogP contribution is -2.22. The fraction of sp³-hybridized carbons (Fsp3) is 0.154. The van der Waals surface area contributed by atoms with Crippen LogP contribution in [0.2, 0.25) is 0 Å². The summed E-state index contributed by atoms with van der Waals surface area (Å²) in [7, 11) is 2.89. The Morgan fingerprint density at radius 2 is 1.83 bits per heavy atom. The maximum Gasteiger partial charge on any atom is 0.337 e. The summed E-state index contributed by atoms with van der Waals surface area (Å²) in [5.41, 5.74) is 6.33. The number of hydrazone groups is 1. The quantitative estimate of drug-likeness (QED) is 0.227. The molecule has 1 N–H and O–H groups in total. The number of nitrogens with one attached hydrogen (secondary N) is 1. The lowest BCUT2D eigenvalue weighted by Gasteiger charge is -2.11. The van der Waals surface area contributed by atoms with Crippen molar-refractivity contribution in [1.82, 2.24) is 15.0 Å². The van der Waals surface area contributed by atoms with Gasteiger partial charge in [-0.05, 0) is 53.6 Å². The summed E-state index contributed by atoms with van der Waals surface area (Å²) in [6.07, 6.45) is 3.16. The molecule has 0 saturated carbocycles. The third kappa shape index (κ3) is 5.83. The fourth-order valence-electron chi connectivity index (χ4n) is 3.40. The van der Waals surface area contributed by atoms with E-state index in [0.717, 1.165) is 22.2 Å². The zero-order valence-electron chi connectivity index (χ0n) is 19.3. The number of carbonyl (C=O) groups excluding carboxylic acids is 2. The van der Waals surface area contributed by atoms with Crippen LogP contribution in [0.3, 0.4) is 0 Å². The summed E-state index contributed by atoms with van der Waals surface area (Å²) in [4.78, 5) is 28.1. The number of hydrogen-bond acceptors (Lipinski definition) is 7. The number of ether oxygens (including phenoxy) is 3. The van der Waals surface area contributed by atoms with Crippen LogP contribution in [0.15, 0.2) is 78.2 Å². The van der Waals surface area contributed by atoms with Crippen molar-refractivity contribution < 1.29 is 23.8 Å². The monoisotopic (exact) mass is 472 g/mol. The summed E-state index contributed by atoms with van der Waals surface area (Å²) in [5, 5.41) is 4.04. The SMILES string of the molecule is COC(=O)c1ccc(COc2ccc(/C=N\NC(=O)Cn3cnc4ccccc43)cc2OC)cc1. The van der Waals surface area contributed by atoms with E-state index in [1.807, 2.05) is 24.3 Å². The minimum atomic E-state index is -0.386. The second kappa shape index (κ2) is 11.0. The van der Waals surface area contributed by atoms with E-state index in [0.29, 0.717) is 23.7 Å². The van der Waals surface area contributed by atoms with Crippen molar-refractivity contribution in [3.8, 4) is 11.5 Å². The lowest BCUT2D eigenvalue weighted by molar-refractivity contribution is -0.121. The number of imidazole rings is 1. The van der Waals surface area contributed by atoms with E-state index in [9.17, 15) is 9.59 Å². The summed E-state index contributed by atoms with van der Waals surface area (Å²) < 4.78 is 17.8.